The SMILES string of the molecule is Cc1ccc(C)c(-c2noc(C3CCC(=O)N3Cc3ccccc3)n2)c1. The Balaban J connectivity index is 1.61. The van der Waals surface area contributed by atoms with Crippen LogP contribution in [-0.2, 0) is 11.3 Å². The molecule has 1 saturated heterocycles. The van der Waals surface area contributed by atoms with E-state index in [0.717, 1.165) is 22.3 Å². The second-order valence-electron chi connectivity index (χ2n) is 6.84. The van der Waals surface area contributed by atoms with E-state index >= 15 is 0 Å². The predicted octanol–water partition coefficient (Wildman–Crippen LogP) is 4.22. The molecule has 1 atom stereocenters. The van der Waals surface area contributed by atoms with Crippen LogP contribution in [0.3, 0.4) is 0 Å². The fraction of sp³-hybridized carbons (Fsp3) is 0.286. The molecule has 132 valence electrons. The number of hydrogen-bond acceptors (Lipinski definition) is 4. The minimum Gasteiger partial charge on any atom is -0.337 e. The van der Waals surface area contributed by atoms with E-state index in [-0.39, 0.29) is 11.9 Å². The lowest BCUT2D eigenvalue weighted by Crippen LogP contribution is -2.27. The van der Waals surface area contributed by atoms with Crippen LogP contribution in [0.1, 0.15) is 41.5 Å². The van der Waals surface area contributed by atoms with Crippen molar-refractivity contribution in [2.45, 2.75) is 39.3 Å². The van der Waals surface area contributed by atoms with E-state index in [1.807, 2.05) is 49.1 Å². The Kier molecular flexibility index (Phi) is 4.29. The molecule has 4 rings (SSSR count). The van der Waals surface area contributed by atoms with E-state index in [1.54, 1.807) is 0 Å². The molecule has 1 amide bonds. The standard InChI is InChI=1S/C21H21N3O2/c1-14-8-9-15(2)17(12-14)20-22-21(26-23-20)18-10-11-19(25)24(18)13-16-6-4-3-5-7-16/h3-9,12,18H,10-11,13H2,1-2H3. The first-order valence-electron chi connectivity index (χ1n) is 8.86. The summed E-state index contributed by atoms with van der Waals surface area (Å²) in [6.07, 6.45) is 1.22. The fourth-order valence-corrected chi connectivity index (χ4v) is 3.43. The van der Waals surface area contributed by atoms with Crippen LogP contribution >= 0.6 is 0 Å². The molecule has 1 fully saturated rings. The molecule has 5 nitrogen and oxygen atoms in total. The van der Waals surface area contributed by atoms with Crippen molar-refractivity contribution in [3.8, 4) is 11.4 Å². The van der Waals surface area contributed by atoms with Gasteiger partial charge in [-0.05, 0) is 37.5 Å². The maximum absolute atomic E-state index is 12.4. The number of aryl methyl sites for hydroxylation is 2. The number of carbonyl (C=O) groups is 1. The molecule has 0 N–H and O–H groups in total. The molecule has 26 heavy (non-hydrogen) atoms. The minimum atomic E-state index is -0.158. The lowest BCUT2D eigenvalue weighted by atomic mass is 10.1. The number of likely N-dealkylation sites (tertiary alicyclic amines) is 1. The molecule has 5 heteroatoms. The average Bonchev–Trinajstić information content (AvgIpc) is 3.26. The van der Waals surface area contributed by atoms with Gasteiger partial charge in [0.1, 0.15) is 6.04 Å². The van der Waals surface area contributed by atoms with Gasteiger partial charge in [-0.2, -0.15) is 4.98 Å². The zero-order valence-corrected chi connectivity index (χ0v) is 15.0. The van der Waals surface area contributed by atoms with Gasteiger partial charge in [0.15, 0.2) is 0 Å². The summed E-state index contributed by atoms with van der Waals surface area (Å²) in [5.74, 6) is 1.23. The summed E-state index contributed by atoms with van der Waals surface area (Å²) in [5.41, 5.74) is 4.33. The van der Waals surface area contributed by atoms with Crippen molar-refractivity contribution in [2.75, 3.05) is 0 Å². The first-order valence-corrected chi connectivity index (χ1v) is 8.86. The van der Waals surface area contributed by atoms with Gasteiger partial charge in [-0.1, -0.05) is 53.2 Å². The number of benzene rings is 2. The number of nitrogens with zero attached hydrogens (tertiary/aromatic N) is 3. The highest BCUT2D eigenvalue weighted by Crippen LogP contribution is 2.34. The van der Waals surface area contributed by atoms with Gasteiger partial charge in [-0.25, -0.2) is 0 Å². The van der Waals surface area contributed by atoms with Gasteiger partial charge in [0.2, 0.25) is 17.6 Å². The number of rotatable bonds is 4. The van der Waals surface area contributed by atoms with Crippen molar-refractivity contribution < 1.29 is 9.32 Å². The van der Waals surface area contributed by atoms with Crippen LogP contribution in [0.25, 0.3) is 11.4 Å². The van der Waals surface area contributed by atoms with Gasteiger partial charge in [0.05, 0.1) is 0 Å². The Morgan fingerprint density at radius 2 is 1.96 bits per heavy atom. The fourth-order valence-electron chi connectivity index (χ4n) is 3.43. The monoisotopic (exact) mass is 347 g/mol. The number of carbonyl (C=O) groups excluding carboxylic acids is 1. The topological polar surface area (TPSA) is 59.2 Å². The van der Waals surface area contributed by atoms with Crippen molar-refractivity contribution >= 4 is 5.91 Å². The van der Waals surface area contributed by atoms with Crippen molar-refractivity contribution in [2.24, 2.45) is 0 Å². The minimum absolute atomic E-state index is 0.130. The summed E-state index contributed by atoms with van der Waals surface area (Å²) in [7, 11) is 0. The molecule has 0 aliphatic carbocycles. The Morgan fingerprint density at radius 1 is 1.15 bits per heavy atom. The second-order valence-corrected chi connectivity index (χ2v) is 6.84. The molecule has 2 aromatic carbocycles. The molecule has 1 aliphatic rings. The highest BCUT2D eigenvalue weighted by Gasteiger charge is 2.36. The Morgan fingerprint density at radius 3 is 2.77 bits per heavy atom. The zero-order valence-electron chi connectivity index (χ0n) is 15.0. The molecule has 1 aromatic heterocycles. The quantitative estimate of drug-likeness (QED) is 0.709. The number of hydrogen-bond donors (Lipinski definition) is 0. The molecular weight excluding hydrogens is 326 g/mol. The summed E-state index contributed by atoms with van der Waals surface area (Å²) in [5, 5.41) is 4.18. The third-order valence-corrected chi connectivity index (χ3v) is 4.88. The summed E-state index contributed by atoms with van der Waals surface area (Å²) < 4.78 is 5.56. The molecule has 0 saturated carbocycles. The predicted molar refractivity (Wildman–Crippen MR) is 98.2 cm³/mol. The van der Waals surface area contributed by atoms with Crippen LogP contribution in [-0.4, -0.2) is 20.9 Å². The van der Waals surface area contributed by atoms with Crippen LogP contribution in [0, 0.1) is 13.8 Å². The third-order valence-electron chi connectivity index (χ3n) is 4.88. The maximum atomic E-state index is 12.4. The van der Waals surface area contributed by atoms with Crippen molar-refractivity contribution in [1.82, 2.24) is 15.0 Å². The van der Waals surface area contributed by atoms with E-state index in [1.165, 1.54) is 0 Å². The molecular formula is C21H21N3O2. The van der Waals surface area contributed by atoms with Crippen LogP contribution in [0.15, 0.2) is 53.1 Å². The molecule has 1 aliphatic heterocycles. The third kappa shape index (κ3) is 3.12. The Bertz CT molecular complexity index is 933. The molecule has 3 aromatic rings. The largest absolute Gasteiger partial charge is 0.337 e. The van der Waals surface area contributed by atoms with Gasteiger partial charge >= 0.3 is 0 Å². The first-order chi connectivity index (χ1) is 12.6. The van der Waals surface area contributed by atoms with Crippen LogP contribution in [0.4, 0.5) is 0 Å². The lowest BCUT2D eigenvalue weighted by molar-refractivity contribution is -0.129. The van der Waals surface area contributed by atoms with Crippen LogP contribution in [0.5, 0.6) is 0 Å². The van der Waals surface area contributed by atoms with Crippen LogP contribution in [0.2, 0.25) is 0 Å². The maximum Gasteiger partial charge on any atom is 0.249 e. The lowest BCUT2D eigenvalue weighted by Gasteiger charge is -2.22. The van der Waals surface area contributed by atoms with Gasteiger partial charge in [0, 0.05) is 18.5 Å². The van der Waals surface area contributed by atoms with E-state index in [9.17, 15) is 4.79 Å². The Hall–Kier alpha value is -2.95. The summed E-state index contributed by atoms with van der Waals surface area (Å²) in [4.78, 5) is 18.8. The van der Waals surface area contributed by atoms with Crippen molar-refractivity contribution in [3.63, 3.8) is 0 Å². The van der Waals surface area contributed by atoms with Gasteiger partial charge in [-0.3, -0.25) is 4.79 Å². The van der Waals surface area contributed by atoms with E-state index < -0.39 is 0 Å². The summed E-state index contributed by atoms with van der Waals surface area (Å²) in [6, 6.07) is 16.0. The van der Waals surface area contributed by atoms with Crippen molar-refractivity contribution in [3.05, 3.63) is 71.1 Å². The molecule has 0 bridgehead atoms. The average molecular weight is 347 g/mol. The van der Waals surface area contributed by atoms with E-state index in [0.29, 0.717) is 31.1 Å². The Labute approximate surface area is 152 Å². The molecule has 0 spiro atoms. The second kappa shape index (κ2) is 6.75. The molecule has 0 radical (unpaired) electrons. The highest BCUT2D eigenvalue weighted by molar-refractivity contribution is 5.78. The van der Waals surface area contributed by atoms with Gasteiger partial charge < -0.3 is 9.42 Å². The normalized spacial score (nSPS) is 17.1. The highest BCUT2D eigenvalue weighted by atomic mass is 16.5. The van der Waals surface area contributed by atoms with E-state index in [4.69, 9.17) is 4.52 Å². The summed E-state index contributed by atoms with van der Waals surface area (Å²) in [6.45, 7) is 4.64. The first kappa shape index (κ1) is 16.5. The van der Waals surface area contributed by atoms with Gasteiger partial charge in [0.25, 0.3) is 0 Å². The van der Waals surface area contributed by atoms with Crippen LogP contribution < -0.4 is 0 Å². The van der Waals surface area contributed by atoms with E-state index in [2.05, 4.69) is 28.3 Å². The van der Waals surface area contributed by atoms with Gasteiger partial charge in [-0.15, -0.1) is 0 Å². The number of amides is 1. The zero-order chi connectivity index (χ0) is 18.1. The number of aromatic nitrogens is 2. The summed E-state index contributed by atoms with van der Waals surface area (Å²) >= 11 is 0. The molecule has 2 heterocycles. The van der Waals surface area contributed by atoms with Crippen molar-refractivity contribution in [1.29, 1.82) is 0 Å². The smallest absolute Gasteiger partial charge is 0.249 e. The molecule has 1 unspecified atom stereocenters.